The maximum Gasteiger partial charge on any atom is 0.358 e. The van der Waals surface area contributed by atoms with E-state index >= 15 is 0 Å². The molecule has 0 unspecified atom stereocenters. The van der Waals surface area contributed by atoms with Gasteiger partial charge in [-0.25, -0.2) is 0 Å². The van der Waals surface area contributed by atoms with Crippen LogP contribution in [0, 0.1) is 0 Å². The van der Waals surface area contributed by atoms with Crippen molar-refractivity contribution in [2.45, 2.75) is 11.8 Å². The maximum absolute atomic E-state index is 11.8. The molecule has 5 nitrogen and oxygen atoms in total. The van der Waals surface area contributed by atoms with Crippen molar-refractivity contribution in [3.8, 4) is 0 Å². The van der Waals surface area contributed by atoms with Gasteiger partial charge in [0.2, 0.25) is 0 Å². The topological polar surface area (TPSA) is 72.8 Å². The predicted molar refractivity (Wildman–Crippen MR) is 70.1 cm³/mol. The number of allylic oxidation sites excluding steroid dienone is 4. The van der Waals surface area contributed by atoms with Gasteiger partial charge in [-0.05, 0) is 42.9 Å². The summed E-state index contributed by atoms with van der Waals surface area (Å²) in [5, 5.41) is 3.53. The van der Waals surface area contributed by atoms with E-state index in [1.54, 1.807) is 25.1 Å². The van der Waals surface area contributed by atoms with E-state index in [-0.39, 0.29) is 16.4 Å². The number of hydrogen-bond donors (Lipinski definition) is 0. The highest BCUT2D eigenvalue weighted by molar-refractivity contribution is 7.86. The Morgan fingerprint density at radius 3 is 2.42 bits per heavy atom. The normalized spacial score (nSPS) is 17.4. The zero-order chi connectivity index (χ0) is 13.9. The molecule has 0 bridgehead atoms. The third-order valence-electron chi connectivity index (χ3n) is 2.43. The van der Waals surface area contributed by atoms with E-state index in [2.05, 4.69) is 9.44 Å². The fraction of sp³-hybridized carbons (Fsp3) is 0.0769. The Morgan fingerprint density at radius 1 is 1.11 bits per heavy atom. The van der Waals surface area contributed by atoms with Crippen LogP contribution in [-0.4, -0.2) is 19.9 Å². The lowest BCUT2D eigenvalue weighted by Crippen LogP contribution is -2.08. The lowest BCUT2D eigenvalue weighted by Gasteiger charge is -2.04. The zero-order valence-electron chi connectivity index (χ0n) is 10.1. The van der Waals surface area contributed by atoms with Gasteiger partial charge in [0.25, 0.3) is 0 Å². The Hall–Kier alpha value is -2.21. The number of nitrogens with zero attached hydrogens (tertiary/aromatic N) is 1. The van der Waals surface area contributed by atoms with Crippen LogP contribution in [0.15, 0.2) is 64.2 Å². The molecule has 1 aromatic rings. The van der Waals surface area contributed by atoms with Gasteiger partial charge >= 0.3 is 10.1 Å². The van der Waals surface area contributed by atoms with Gasteiger partial charge in [-0.1, -0.05) is 23.4 Å². The molecule has 0 saturated carbocycles. The molecule has 0 aliphatic heterocycles. The highest BCUT2D eigenvalue weighted by Gasteiger charge is 2.15. The number of rotatable bonds is 3. The summed E-state index contributed by atoms with van der Waals surface area (Å²) in [6.07, 6.45) is 4.17. The van der Waals surface area contributed by atoms with Crippen molar-refractivity contribution in [3.05, 3.63) is 54.1 Å². The molecule has 1 aliphatic carbocycles. The lowest BCUT2D eigenvalue weighted by atomic mass is 10.1. The summed E-state index contributed by atoms with van der Waals surface area (Å²) < 4.78 is 28.2. The minimum absolute atomic E-state index is 0.0240. The summed E-state index contributed by atoms with van der Waals surface area (Å²) in [4.78, 5) is 11.2. The molecule has 0 heterocycles. The largest absolute Gasteiger partial charge is 0.358 e. The Labute approximate surface area is 111 Å². The second-order valence-corrected chi connectivity index (χ2v) is 5.41. The van der Waals surface area contributed by atoms with E-state index in [1.165, 1.54) is 30.4 Å². The van der Waals surface area contributed by atoms with Crippen LogP contribution in [0.25, 0.3) is 0 Å². The van der Waals surface area contributed by atoms with Crippen LogP contribution in [0.5, 0.6) is 0 Å². The van der Waals surface area contributed by atoms with E-state index in [9.17, 15) is 13.2 Å². The molecule has 0 N–H and O–H groups in total. The van der Waals surface area contributed by atoms with Crippen LogP contribution in [0.2, 0.25) is 0 Å². The average Bonchev–Trinajstić information content (AvgIpc) is 2.41. The third kappa shape index (κ3) is 3.17. The molecule has 0 aromatic heterocycles. The summed E-state index contributed by atoms with van der Waals surface area (Å²) in [5.74, 6) is -0.134. The number of ketones is 1. The average molecular weight is 277 g/mol. The number of hydrogen-bond acceptors (Lipinski definition) is 5. The first kappa shape index (κ1) is 13.2. The minimum Gasteiger partial charge on any atom is -0.290 e. The van der Waals surface area contributed by atoms with Crippen molar-refractivity contribution in [1.82, 2.24) is 0 Å². The summed E-state index contributed by atoms with van der Waals surface area (Å²) >= 11 is 0. The highest BCUT2D eigenvalue weighted by atomic mass is 32.2. The predicted octanol–water partition coefficient (Wildman–Crippen LogP) is 1.83. The zero-order valence-corrected chi connectivity index (χ0v) is 10.9. The highest BCUT2D eigenvalue weighted by Crippen LogP contribution is 2.13. The molecule has 2 rings (SSSR count). The quantitative estimate of drug-likeness (QED) is 0.624. The fourth-order valence-electron chi connectivity index (χ4n) is 1.41. The summed E-state index contributed by atoms with van der Waals surface area (Å²) in [6.45, 7) is 1.62. The number of benzene rings is 1. The summed E-state index contributed by atoms with van der Waals surface area (Å²) in [6, 6.07) is 7.71. The maximum atomic E-state index is 11.8. The van der Waals surface area contributed by atoms with E-state index in [0.717, 1.165) is 0 Å². The number of carbonyl (C=O) groups is 1. The van der Waals surface area contributed by atoms with Gasteiger partial charge in [0.05, 0.1) is 0 Å². The summed E-state index contributed by atoms with van der Waals surface area (Å²) in [5.41, 5.74) is 0.749. The van der Waals surface area contributed by atoms with Crippen molar-refractivity contribution >= 4 is 21.6 Å². The standard InChI is InChI=1S/C13H11NO4S/c1-10-9-11(7-8-13(10)15)14-18-19(16,17)12-5-3-2-4-6-12/h2-9H,1H3/b14-11-. The van der Waals surface area contributed by atoms with Crippen LogP contribution in [0.4, 0.5) is 0 Å². The Bertz CT molecular complexity index is 685. The fourth-order valence-corrected chi connectivity index (χ4v) is 2.17. The van der Waals surface area contributed by atoms with E-state index in [0.29, 0.717) is 5.57 Å². The number of oxime groups is 1. The van der Waals surface area contributed by atoms with Crippen LogP contribution in [-0.2, 0) is 19.2 Å². The van der Waals surface area contributed by atoms with Gasteiger partial charge in [-0.3, -0.25) is 9.08 Å². The molecule has 0 saturated heterocycles. The van der Waals surface area contributed by atoms with Crippen LogP contribution in [0.3, 0.4) is 0 Å². The van der Waals surface area contributed by atoms with Crippen molar-refractivity contribution < 1.29 is 17.5 Å². The van der Waals surface area contributed by atoms with Crippen LogP contribution < -0.4 is 0 Å². The van der Waals surface area contributed by atoms with E-state index in [4.69, 9.17) is 0 Å². The molecule has 1 aromatic carbocycles. The van der Waals surface area contributed by atoms with Gasteiger partial charge in [0, 0.05) is 0 Å². The molecule has 6 heteroatoms. The molecule has 1 aliphatic rings. The minimum atomic E-state index is -3.93. The lowest BCUT2D eigenvalue weighted by molar-refractivity contribution is -0.111. The third-order valence-corrected chi connectivity index (χ3v) is 3.55. The molecule has 0 amide bonds. The molecular formula is C13H11NO4S. The molecular weight excluding hydrogens is 266 g/mol. The molecule has 0 radical (unpaired) electrons. The second-order valence-electron chi connectivity index (χ2n) is 3.88. The van der Waals surface area contributed by atoms with Crippen molar-refractivity contribution in [3.63, 3.8) is 0 Å². The van der Waals surface area contributed by atoms with Gasteiger partial charge in [0.1, 0.15) is 10.6 Å². The van der Waals surface area contributed by atoms with Gasteiger partial charge in [-0.2, -0.15) is 8.42 Å². The smallest absolute Gasteiger partial charge is 0.290 e. The molecule has 0 atom stereocenters. The molecule has 0 fully saturated rings. The first-order chi connectivity index (χ1) is 8.99. The molecule has 98 valence electrons. The van der Waals surface area contributed by atoms with Gasteiger partial charge in [-0.15, -0.1) is 0 Å². The van der Waals surface area contributed by atoms with Gasteiger partial charge < -0.3 is 0 Å². The number of carbonyl (C=O) groups excluding carboxylic acids is 1. The SMILES string of the molecule is CC1=C/C(=N\OS(=O)(=O)c2ccccc2)C=CC1=O. The second kappa shape index (κ2) is 5.19. The van der Waals surface area contributed by atoms with E-state index < -0.39 is 10.1 Å². The molecule has 0 spiro atoms. The molecule has 19 heavy (non-hydrogen) atoms. The van der Waals surface area contributed by atoms with Crippen molar-refractivity contribution in [2.24, 2.45) is 5.16 Å². The first-order valence-corrected chi connectivity index (χ1v) is 6.87. The summed E-state index contributed by atoms with van der Waals surface area (Å²) in [7, 11) is -3.93. The van der Waals surface area contributed by atoms with Crippen molar-refractivity contribution in [1.29, 1.82) is 0 Å². The van der Waals surface area contributed by atoms with Crippen molar-refractivity contribution in [2.75, 3.05) is 0 Å². The van der Waals surface area contributed by atoms with Crippen LogP contribution >= 0.6 is 0 Å². The monoisotopic (exact) mass is 277 g/mol. The Morgan fingerprint density at radius 2 is 1.79 bits per heavy atom. The Balaban J connectivity index is 2.20. The van der Waals surface area contributed by atoms with E-state index in [1.807, 2.05) is 0 Å². The Kier molecular flexibility index (Phi) is 3.62. The first-order valence-electron chi connectivity index (χ1n) is 5.46. The van der Waals surface area contributed by atoms with Crippen LogP contribution in [0.1, 0.15) is 6.92 Å². The van der Waals surface area contributed by atoms with Gasteiger partial charge in [0.15, 0.2) is 5.78 Å².